The summed E-state index contributed by atoms with van der Waals surface area (Å²) in [6.07, 6.45) is 11.0. The molecule has 0 fully saturated rings. The van der Waals surface area contributed by atoms with Gasteiger partial charge in [-0.15, -0.1) is 0 Å². The Hall–Kier alpha value is -1.21. The summed E-state index contributed by atoms with van der Waals surface area (Å²) in [6, 6.07) is 0. The van der Waals surface area contributed by atoms with Crippen LogP contribution in [0.25, 0.3) is 0 Å². The number of hydrogen-bond acceptors (Lipinski definition) is 1. The Bertz CT molecular complexity index is 284. The molecule has 2 heteroatoms. The van der Waals surface area contributed by atoms with Crippen molar-refractivity contribution in [3.8, 4) is 0 Å². The third-order valence-electron chi connectivity index (χ3n) is 1.44. The summed E-state index contributed by atoms with van der Waals surface area (Å²) < 4.78 is 0. The minimum atomic E-state index is 0.594. The van der Waals surface area contributed by atoms with E-state index >= 15 is 0 Å². The van der Waals surface area contributed by atoms with Crippen LogP contribution in [0.4, 0.5) is 0 Å². The maximum absolute atomic E-state index is 5.77. The first kappa shape index (κ1) is 8.88. The average molecular weight is 180 g/mol. The van der Waals surface area contributed by atoms with Crippen LogP contribution in [0.1, 0.15) is 0 Å². The lowest BCUT2D eigenvalue weighted by atomic mass is 10.3. The van der Waals surface area contributed by atoms with Crippen molar-refractivity contribution in [2.75, 3.05) is 0 Å². The number of hydrogen-bond donors (Lipinski definition) is 0. The van der Waals surface area contributed by atoms with Crippen LogP contribution in [0.3, 0.4) is 0 Å². The monoisotopic (exact) mass is 179 g/mol. The summed E-state index contributed by atoms with van der Waals surface area (Å²) in [5.41, 5.74) is 0.887. The van der Waals surface area contributed by atoms with Crippen LogP contribution in [0.2, 0.25) is 0 Å². The Kier molecular flexibility index (Phi) is 2.94. The second kappa shape index (κ2) is 3.98. The van der Waals surface area contributed by atoms with Gasteiger partial charge in [-0.25, -0.2) is 0 Å². The van der Waals surface area contributed by atoms with Crippen LogP contribution in [0.15, 0.2) is 60.6 Å². The standard InChI is InChI=1S/C10H10ClN/c1-3-10(11)8-12-7-5-4-6-9(12)2/h3-8H,1-2H2/b10-8+. The number of rotatable bonds is 2. The molecule has 0 spiro atoms. The van der Waals surface area contributed by atoms with E-state index in [2.05, 4.69) is 13.2 Å². The molecule has 0 saturated carbocycles. The molecule has 0 amide bonds. The number of nitrogens with zero attached hydrogens (tertiary/aromatic N) is 1. The summed E-state index contributed by atoms with van der Waals surface area (Å²) in [5, 5.41) is 0.594. The predicted octanol–water partition coefficient (Wildman–Crippen LogP) is 3.15. The summed E-state index contributed by atoms with van der Waals surface area (Å²) in [6.45, 7) is 7.39. The maximum Gasteiger partial charge on any atom is 0.0566 e. The molecule has 12 heavy (non-hydrogen) atoms. The van der Waals surface area contributed by atoms with Crippen LogP contribution >= 0.6 is 11.6 Å². The summed E-state index contributed by atoms with van der Waals surface area (Å²) >= 11 is 5.77. The molecule has 0 atom stereocenters. The maximum atomic E-state index is 5.77. The molecule has 0 unspecified atom stereocenters. The minimum absolute atomic E-state index is 0.594. The van der Waals surface area contributed by atoms with Crippen LogP contribution < -0.4 is 0 Å². The molecule has 1 rings (SSSR count). The first-order valence-electron chi connectivity index (χ1n) is 3.56. The lowest BCUT2D eigenvalue weighted by molar-refractivity contribution is 0.647. The predicted molar refractivity (Wildman–Crippen MR) is 53.4 cm³/mol. The van der Waals surface area contributed by atoms with Crippen molar-refractivity contribution >= 4 is 11.6 Å². The molecule has 0 N–H and O–H groups in total. The van der Waals surface area contributed by atoms with Crippen LogP contribution in [0.5, 0.6) is 0 Å². The van der Waals surface area contributed by atoms with E-state index in [9.17, 15) is 0 Å². The molecule has 1 aliphatic heterocycles. The van der Waals surface area contributed by atoms with Gasteiger partial charge in [0.05, 0.1) is 5.03 Å². The van der Waals surface area contributed by atoms with Gasteiger partial charge in [-0.3, -0.25) is 0 Å². The van der Waals surface area contributed by atoms with Gasteiger partial charge in [-0.2, -0.15) is 0 Å². The van der Waals surface area contributed by atoms with Crippen molar-refractivity contribution in [3.05, 3.63) is 60.6 Å². The van der Waals surface area contributed by atoms with Crippen molar-refractivity contribution in [2.24, 2.45) is 0 Å². The zero-order chi connectivity index (χ0) is 8.97. The van der Waals surface area contributed by atoms with Crippen molar-refractivity contribution in [2.45, 2.75) is 0 Å². The SMILES string of the molecule is C=C/C(Cl)=C\N1C=CC=CC1=C. The molecule has 0 aromatic heterocycles. The molecular weight excluding hydrogens is 170 g/mol. The van der Waals surface area contributed by atoms with E-state index in [1.165, 1.54) is 0 Å². The molecular formula is C10H10ClN. The van der Waals surface area contributed by atoms with E-state index < -0.39 is 0 Å². The van der Waals surface area contributed by atoms with Crippen molar-refractivity contribution < 1.29 is 0 Å². The molecule has 1 aliphatic rings. The lowest BCUT2D eigenvalue weighted by Gasteiger charge is -2.17. The summed E-state index contributed by atoms with van der Waals surface area (Å²) in [5.74, 6) is 0. The molecule has 0 bridgehead atoms. The molecule has 0 aromatic carbocycles. The first-order chi connectivity index (χ1) is 5.74. The number of allylic oxidation sites excluding steroid dienone is 5. The van der Waals surface area contributed by atoms with Gasteiger partial charge in [0.25, 0.3) is 0 Å². The van der Waals surface area contributed by atoms with Gasteiger partial charge in [-0.1, -0.05) is 30.8 Å². The molecule has 0 saturated heterocycles. The van der Waals surface area contributed by atoms with Crippen molar-refractivity contribution in [1.82, 2.24) is 4.90 Å². The Morgan fingerprint density at radius 2 is 2.25 bits per heavy atom. The van der Waals surface area contributed by atoms with Gasteiger partial charge in [0.1, 0.15) is 0 Å². The highest BCUT2D eigenvalue weighted by atomic mass is 35.5. The van der Waals surface area contributed by atoms with Crippen molar-refractivity contribution in [1.29, 1.82) is 0 Å². The van der Waals surface area contributed by atoms with Crippen LogP contribution in [-0.4, -0.2) is 4.90 Å². The van der Waals surface area contributed by atoms with E-state index in [0.717, 1.165) is 5.70 Å². The molecule has 1 nitrogen and oxygen atoms in total. The highest BCUT2D eigenvalue weighted by molar-refractivity contribution is 6.31. The zero-order valence-corrected chi connectivity index (χ0v) is 7.46. The highest BCUT2D eigenvalue weighted by Crippen LogP contribution is 2.14. The quantitative estimate of drug-likeness (QED) is 0.589. The smallest absolute Gasteiger partial charge is 0.0566 e. The molecule has 62 valence electrons. The molecule has 0 radical (unpaired) electrons. The lowest BCUT2D eigenvalue weighted by Crippen LogP contribution is -2.08. The van der Waals surface area contributed by atoms with E-state index in [1.807, 2.05) is 29.3 Å². The third kappa shape index (κ3) is 2.14. The minimum Gasteiger partial charge on any atom is -0.323 e. The summed E-state index contributed by atoms with van der Waals surface area (Å²) in [4.78, 5) is 1.84. The van der Waals surface area contributed by atoms with Gasteiger partial charge < -0.3 is 4.90 Å². The Balaban J connectivity index is 2.77. The van der Waals surface area contributed by atoms with Gasteiger partial charge in [0.15, 0.2) is 0 Å². The van der Waals surface area contributed by atoms with Gasteiger partial charge in [0.2, 0.25) is 0 Å². The Labute approximate surface area is 77.6 Å². The second-order valence-electron chi connectivity index (χ2n) is 2.32. The normalized spacial score (nSPS) is 16.9. The van der Waals surface area contributed by atoms with Crippen LogP contribution in [-0.2, 0) is 0 Å². The van der Waals surface area contributed by atoms with Gasteiger partial charge in [-0.05, 0) is 18.2 Å². The first-order valence-corrected chi connectivity index (χ1v) is 3.93. The van der Waals surface area contributed by atoms with Crippen LogP contribution in [0, 0.1) is 0 Å². The van der Waals surface area contributed by atoms with Crippen molar-refractivity contribution in [3.63, 3.8) is 0 Å². The Morgan fingerprint density at radius 1 is 1.50 bits per heavy atom. The van der Waals surface area contributed by atoms with E-state index in [1.54, 1.807) is 12.3 Å². The second-order valence-corrected chi connectivity index (χ2v) is 2.75. The fourth-order valence-corrected chi connectivity index (χ4v) is 0.908. The molecule has 0 aliphatic carbocycles. The van der Waals surface area contributed by atoms with E-state index in [4.69, 9.17) is 11.6 Å². The molecule has 0 aromatic rings. The third-order valence-corrected chi connectivity index (χ3v) is 1.69. The Morgan fingerprint density at radius 3 is 2.83 bits per heavy atom. The molecule has 1 heterocycles. The largest absolute Gasteiger partial charge is 0.323 e. The zero-order valence-electron chi connectivity index (χ0n) is 6.70. The number of halogens is 1. The fourth-order valence-electron chi connectivity index (χ4n) is 0.802. The van der Waals surface area contributed by atoms with E-state index in [0.29, 0.717) is 5.03 Å². The van der Waals surface area contributed by atoms with E-state index in [-0.39, 0.29) is 0 Å². The topological polar surface area (TPSA) is 3.24 Å². The van der Waals surface area contributed by atoms with Gasteiger partial charge >= 0.3 is 0 Å². The average Bonchev–Trinajstić information content (AvgIpc) is 2.09. The fraction of sp³-hybridized carbons (Fsp3) is 0. The summed E-state index contributed by atoms with van der Waals surface area (Å²) in [7, 11) is 0. The highest BCUT2D eigenvalue weighted by Gasteiger charge is 2.00. The van der Waals surface area contributed by atoms with Gasteiger partial charge in [0, 0.05) is 18.1 Å².